The van der Waals surface area contributed by atoms with Gasteiger partial charge in [0.1, 0.15) is 0 Å². The highest BCUT2D eigenvalue weighted by atomic mass is 16.3. The van der Waals surface area contributed by atoms with Crippen LogP contribution in [0.25, 0.3) is 6.08 Å². The number of hydrogen-bond acceptors (Lipinski definition) is 2. The summed E-state index contributed by atoms with van der Waals surface area (Å²) in [5.41, 5.74) is 12.3. The van der Waals surface area contributed by atoms with Gasteiger partial charge in [-0.1, -0.05) is 36.8 Å². The summed E-state index contributed by atoms with van der Waals surface area (Å²) in [6.07, 6.45) is 4.69. The largest absolute Gasteiger partial charge is 0.392 e. The fourth-order valence-corrected chi connectivity index (χ4v) is 3.79. The Kier molecular flexibility index (Phi) is 8.38. The Labute approximate surface area is 171 Å². The molecule has 0 bridgehead atoms. The van der Waals surface area contributed by atoms with Gasteiger partial charge in [-0.25, -0.2) is 0 Å². The second-order valence-electron chi connectivity index (χ2n) is 7.68. The van der Waals surface area contributed by atoms with Crippen LogP contribution in [0.2, 0.25) is 0 Å². The molecule has 2 nitrogen and oxygen atoms in total. The second kappa shape index (κ2) is 9.84. The lowest BCUT2D eigenvalue weighted by atomic mass is 9.80. The smallest absolute Gasteiger partial charge is 0.0695 e. The Bertz CT molecular complexity index is 888. The van der Waals surface area contributed by atoms with E-state index < -0.39 is 0 Å². The predicted molar refractivity (Wildman–Crippen MR) is 124 cm³/mol. The third-order valence-electron chi connectivity index (χ3n) is 6.07. The fourth-order valence-electron chi connectivity index (χ4n) is 3.79. The summed E-state index contributed by atoms with van der Waals surface area (Å²) in [7, 11) is 0. The summed E-state index contributed by atoms with van der Waals surface area (Å²) < 4.78 is 0. The van der Waals surface area contributed by atoms with Gasteiger partial charge in [-0.2, -0.15) is 0 Å². The van der Waals surface area contributed by atoms with Crippen molar-refractivity contribution in [2.45, 2.75) is 75.3 Å². The molecular formula is C26H37NO. The lowest BCUT2D eigenvalue weighted by Gasteiger charge is -2.25. The number of rotatable bonds is 7. The van der Waals surface area contributed by atoms with Gasteiger partial charge in [0.25, 0.3) is 0 Å². The van der Waals surface area contributed by atoms with E-state index in [9.17, 15) is 10.5 Å². The quantitative estimate of drug-likeness (QED) is 0.388. The van der Waals surface area contributed by atoms with Gasteiger partial charge >= 0.3 is 0 Å². The van der Waals surface area contributed by atoms with Crippen LogP contribution in [-0.2, 0) is 13.0 Å². The van der Waals surface area contributed by atoms with Crippen LogP contribution in [0.1, 0.15) is 81.8 Å². The second-order valence-corrected chi connectivity index (χ2v) is 7.68. The van der Waals surface area contributed by atoms with E-state index in [1.165, 1.54) is 11.1 Å². The molecule has 1 aromatic carbocycles. The molecule has 0 atom stereocenters. The van der Waals surface area contributed by atoms with Crippen molar-refractivity contribution in [1.82, 2.24) is 0 Å². The van der Waals surface area contributed by atoms with E-state index in [-0.39, 0.29) is 6.61 Å². The van der Waals surface area contributed by atoms with E-state index in [2.05, 4.69) is 68.0 Å². The molecule has 0 fully saturated rings. The van der Waals surface area contributed by atoms with Crippen LogP contribution in [0.5, 0.6) is 0 Å². The molecule has 0 spiro atoms. The van der Waals surface area contributed by atoms with E-state index in [1.807, 2.05) is 13.0 Å². The first-order chi connectivity index (χ1) is 13.1. The van der Waals surface area contributed by atoms with Crippen LogP contribution in [0, 0.1) is 19.3 Å². The molecule has 2 N–H and O–H groups in total. The van der Waals surface area contributed by atoms with E-state index >= 15 is 0 Å². The Morgan fingerprint density at radius 1 is 1.00 bits per heavy atom. The molecule has 0 aromatic heterocycles. The molecule has 1 rings (SSSR count). The lowest BCUT2D eigenvalue weighted by molar-refractivity contribution is 0.280. The predicted octanol–water partition coefficient (Wildman–Crippen LogP) is 7.01. The van der Waals surface area contributed by atoms with Crippen molar-refractivity contribution in [3.05, 3.63) is 73.9 Å². The normalized spacial score (nSPS) is 12.6. The summed E-state index contributed by atoms with van der Waals surface area (Å²) in [6, 6.07) is 0. The van der Waals surface area contributed by atoms with Crippen LogP contribution in [0.3, 0.4) is 0 Å². The van der Waals surface area contributed by atoms with Gasteiger partial charge in [-0.3, -0.25) is 5.41 Å². The average Bonchev–Trinajstić information content (AvgIpc) is 2.67. The topological polar surface area (TPSA) is 44.1 Å². The van der Waals surface area contributed by atoms with Gasteiger partial charge in [0, 0.05) is 11.1 Å². The Morgan fingerprint density at radius 3 is 1.96 bits per heavy atom. The zero-order valence-electron chi connectivity index (χ0n) is 19.2. The van der Waals surface area contributed by atoms with Crippen LogP contribution >= 0.6 is 0 Å². The highest BCUT2D eigenvalue weighted by molar-refractivity contribution is 6.16. The zero-order chi connectivity index (χ0) is 21.8. The minimum Gasteiger partial charge on any atom is -0.392 e. The molecule has 2 heteroatoms. The number of hydrogen-bond donors (Lipinski definition) is 2. The Balaban J connectivity index is 4.07. The summed E-state index contributed by atoms with van der Waals surface area (Å²) in [4.78, 5) is 0. The molecule has 0 radical (unpaired) electrons. The van der Waals surface area contributed by atoms with Crippen molar-refractivity contribution >= 4 is 11.8 Å². The first kappa shape index (κ1) is 23.8. The maximum absolute atomic E-state index is 10.1. The van der Waals surface area contributed by atoms with Crippen molar-refractivity contribution < 1.29 is 5.11 Å². The molecule has 0 aliphatic carbocycles. The van der Waals surface area contributed by atoms with E-state index in [0.717, 1.165) is 56.5 Å². The Hall–Kier alpha value is -2.19. The molecule has 0 saturated carbocycles. The lowest BCUT2D eigenvalue weighted by Crippen LogP contribution is -2.17. The molecule has 0 aliphatic rings. The molecular weight excluding hydrogens is 342 g/mol. The summed E-state index contributed by atoms with van der Waals surface area (Å²) in [6.45, 7) is 22.7. The maximum atomic E-state index is 10.1. The number of benzene rings is 1. The minimum atomic E-state index is -0.0422. The first-order valence-corrected chi connectivity index (χ1v) is 10.0. The zero-order valence-corrected chi connectivity index (χ0v) is 19.2. The molecule has 0 saturated heterocycles. The standard InChI is InChI=1S/C26H37NO/c1-11-16(6)18(8)24(17(7)15(4)5)26(27)25-20(10)19(9)21(12-2)23(14-28)22(25)13-3/h11-12,27-28H,2,13-14H2,1,3-10H3/b16-11-,24-18-,27-26?. The molecule has 0 amide bonds. The molecule has 152 valence electrons. The highest BCUT2D eigenvalue weighted by Gasteiger charge is 2.23. The highest BCUT2D eigenvalue weighted by Crippen LogP contribution is 2.34. The number of nitrogens with one attached hydrogen (secondary N) is 1. The van der Waals surface area contributed by atoms with Crippen LogP contribution in [-0.4, -0.2) is 10.8 Å². The third kappa shape index (κ3) is 4.28. The van der Waals surface area contributed by atoms with Crippen molar-refractivity contribution in [3.63, 3.8) is 0 Å². The van der Waals surface area contributed by atoms with E-state index in [0.29, 0.717) is 5.71 Å². The fraction of sp³-hybridized carbons (Fsp3) is 0.423. The number of allylic oxidation sites excluding steroid dienone is 6. The van der Waals surface area contributed by atoms with Crippen molar-refractivity contribution in [2.24, 2.45) is 0 Å². The van der Waals surface area contributed by atoms with Crippen molar-refractivity contribution in [2.75, 3.05) is 0 Å². The molecule has 0 aliphatic heterocycles. The van der Waals surface area contributed by atoms with Gasteiger partial charge in [0.05, 0.1) is 12.3 Å². The Morgan fingerprint density at radius 2 is 1.57 bits per heavy atom. The summed E-state index contributed by atoms with van der Waals surface area (Å²) >= 11 is 0. The third-order valence-corrected chi connectivity index (χ3v) is 6.07. The van der Waals surface area contributed by atoms with E-state index in [4.69, 9.17) is 0 Å². The number of aliphatic hydroxyl groups is 1. The average molecular weight is 380 g/mol. The number of aliphatic hydroxyl groups excluding tert-OH is 1. The molecule has 28 heavy (non-hydrogen) atoms. The molecule has 1 aromatic rings. The summed E-state index contributed by atoms with van der Waals surface area (Å²) in [5.74, 6) is 0. The van der Waals surface area contributed by atoms with Crippen molar-refractivity contribution in [3.8, 4) is 0 Å². The van der Waals surface area contributed by atoms with Gasteiger partial charge in [0.15, 0.2) is 0 Å². The first-order valence-electron chi connectivity index (χ1n) is 10.0. The monoisotopic (exact) mass is 379 g/mol. The van der Waals surface area contributed by atoms with Crippen LogP contribution in [0.15, 0.2) is 40.5 Å². The van der Waals surface area contributed by atoms with Gasteiger partial charge in [-0.05, 0) is 101 Å². The van der Waals surface area contributed by atoms with E-state index in [1.54, 1.807) is 0 Å². The molecule has 0 heterocycles. The van der Waals surface area contributed by atoms with Crippen LogP contribution in [0.4, 0.5) is 0 Å². The van der Waals surface area contributed by atoms with Crippen molar-refractivity contribution in [1.29, 1.82) is 5.41 Å². The van der Waals surface area contributed by atoms with Gasteiger partial charge in [0.2, 0.25) is 0 Å². The van der Waals surface area contributed by atoms with Crippen LogP contribution < -0.4 is 0 Å². The molecule has 0 unspecified atom stereocenters. The summed E-state index contributed by atoms with van der Waals surface area (Å²) in [5, 5.41) is 19.4. The maximum Gasteiger partial charge on any atom is 0.0695 e. The SMILES string of the molecule is C=Cc1c(C)c(C)c(C(=N)/C(C(C)=C(C)C)=C(C)\C(C)=C/C)c(CC)c1CO. The van der Waals surface area contributed by atoms with Gasteiger partial charge in [-0.15, -0.1) is 0 Å². The minimum absolute atomic E-state index is 0.0422. The van der Waals surface area contributed by atoms with Gasteiger partial charge < -0.3 is 5.11 Å².